The fourth-order valence-corrected chi connectivity index (χ4v) is 2.68. The Bertz CT molecular complexity index is 162. The maximum atomic E-state index is 9.40. The van der Waals surface area contributed by atoms with Crippen molar-refractivity contribution in [2.24, 2.45) is 0 Å². The molecule has 1 fully saturated rings. The Morgan fingerprint density at radius 2 is 1.67 bits per heavy atom. The van der Waals surface area contributed by atoms with Gasteiger partial charge in [-0.3, -0.25) is 0 Å². The summed E-state index contributed by atoms with van der Waals surface area (Å²) in [6, 6.07) is 1.26. The molecule has 1 aliphatic carbocycles. The molecular formula is C13H27NO. The van der Waals surface area contributed by atoms with E-state index in [1.54, 1.807) is 0 Å². The predicted molar refractivity (Wildman–Crippen MR) is 65.0 cm³/mol. The van der Waals surface area contributed by atoms with Gasteiger partial charge in [-0.15, -0.1) is 0 Å². The number of hydrogen-bond acceptors (Lipinski definition) is 2. The monoisotopic (exact) mass is 213 g/mol. The third-order valence-electron chi connectivity index (χ3n) is 3.78. The van der Waals surface area contributed by atoms with Crippen molar-refractivity contribution in [3.8, 4) is 0 Å². The maximum absolute atomic E-state index is 9.40. The Morgan fingerprint density at radius 1 is 1.13 bits per heavy atom. The Hall–Kier alpha value is -0.0800. The molecule has 15 heavy (non-hydrogen) atoms. The van der Waals surface area contributed by atoms with E-state index < -0.39 is 0 Å². The number of rotatable bonds is 4. The first-order chi connectivity index (χ1) is 7.11. The molecule has 0 heterocycles. The van der Waals surface area contributed by atoms with Gasteiger partial charge in [-0.25, -0.2) is 0 Å². The molecule has 1 saturated carbocycles. The maximum Gasteiger partial charge on any atom is 0.0526 e. The summed E-state index contributed by atoms with van der Waals surface area (Å²) >= 11 is 0. The zero-order valence-corrected chi connectivity index (χ0v) is 10.6. The van der Waals surface area contributed by atoms with Crippen molar-refractivity contribution in [3.63, 3.8) is 0 Å². The summed E-state index contributed by atoms with van der Waals surface area (Å²) < 4.78 is 0. The van der Waals surface area contributed by atoms with Gasteiger partial charge in [0.05, 0.1) is 6.10 Å². The minimum Gasteiger partial charge on any atom is -0.393 e. The summed E-state index contributed by atoms with van der Waals surface area (Å²) in [6.45, 7) is 4.12. The highest BCUT2D eigenvalue weighted by atomic mass is 16.3. The second-order valence-electron chi connectivity index (χ2n) is 5.24. The summed E-state index contributed by atoms with van der Waals surface area (Å²) in [5.74, 6) is 0. The molecule has 0 saturated heterocycles. The molecule has 1 rings (SSSR count). The lowest BCUT2D eigenvalue weighted by Gasteiger charge is -2.33. The van der Waals surface area contributed by atoms with Crippen LogP contribution in [0.3, 0.4) is 0 Å². The molecule has 2 nitrogen and oxygen atoms in total. The van der Waals surface area contributed by atoms with E-state index in [1.807, 2.05) is 6.92 Å². The second-order valence-corrected chi connectivity index (χ2v) is 5.24. The van der Waals surface area contributed by atoms with E-state index in [2.05, 4.69) is 18.9 Å². The van der Waals surface area contributed by atoms with Crippen LogP contribution in [0.2, 0.25) is 0 Å². The van der Waals surface area contributed by atoms with Crippen LogP contribution in [-0.2, 0) is 0 Å². The van der Waals surface area contributed by atoms with Crippen LogP contribution in [0.5, 0.6) is 0 Å². The summed E-state index contributed by atoms with van der Waals surface area (Å²) in [5, 5.41) is 9.40. The van der Waals surface area contributed by atoms with Gasteiger partial charge in [0, 0.05) is 12.1 Å². The second kappa shape index (κ2) is 6.49. The first-order valence-electron chi connectivity index (χ1n) is 6.51. The first-order valence-corrected chi connectivity index (χ1v) is 6.51. The molecule has 0 aromatic carbocycles. The third kappa shape index (κ3) is 4.52. The Kier molecular flexibility index (Phi) is 5.62. The Balaban J connectivity index is 2.38. The molecule has 0 spiro atoms. The molecule has 0 aliphatic heterocycles. The van der Waals surface area contributed by atoms with Crippen LogP contribution in [0, 0.1) is 0 Å². The van der Waals surface area contributed by atoms with Crippen molar-refractivity contribution in [1.82, 2.24) is 4.90 Å². The molecule has 0 aromatic rings. The lowest BCUT2D eigenvalue weighted by molar-refractivity contribution is 0.104. The van der Waals surface area contributed by atoms with Crippen molar-refractivity contribution in [1.29, 1.82) is 0 Å². The predicted octanol–water partition coefficient (Wildman–Crippen LogP) is 2.80. The molecule has 0 bridgehead atoms. The molecule has 2 unspecified atom stereocenters. The molecule has 2 heteroatoms. The molecular weight excluding hydrogens is 186 g/mol. The van der Waals surface area contributed by atoms with Crippen molar-refractivity contribution in [2.45, 2.75) is 77.0 Å². The first kappa shape index (κ1) is 13.0. The van der Waals surface area contributed by atoms with Gasteiger partial charge < -0.3 is 10.0 Å². The van der Waals surface area contributed by atoms with Gasteiger partial charge >= 0.3 is 0 Å². The van der Waals surface area contributed by atoms with Gasteiger partial charge in [-0.2, -0.15) is 0 Å². The molecule has 2 atom stereocenters. The van der Waals surface area contributed by atoms with Gasteiger partial charge in [0.25, 0.3) is 0 Å². The number of aliphatic hydroxyl groups is 1. The smallest absolute Gasteiger partial charge is 0.0526 e. The van der Waals surface area contributed by atoms with E-state index in [0.29, 0.717) is 6.04 Å². The SMILES string of the molecule is CC(O)CC(C)N(C)C1CCCCCC1. The lowest BCUT2D eigenvalue weighted by atomic mass is 10.0. The molecule has 90 valence electrons. The zero-order chi connectivity index (χ0) is 11.3. The van der Waals surface area contributed by atoms with Crippen LogP contribution in [0.25, 0.3) is 0 Å². The van der Waals surface area contributed by atoms with E-state index in [1.165, 1.54) is 38.5 Å². The Labute approximate surface area is 94.7 Å². The highest BCUT2D eigenvalue weighted by Crippen LogP contribution is 2.23. The molecule has 0 aromatic heterocycles. The van der Waals surface area contributed by atoms with Crippen molar-refractivity contribution >= 4 is 0 Å². The van der Waals surface area contributed by atoms with E-state index in [4.69, 9.17) is 0 Å². The van der Waals surface area contributed by atoms with Crippen LogP contribution in [0.4, 0.5) is 0 Å². The van der Waals surface area contributed by atoms with Crippen molar-refractivity contribution < 1.29 is 5.11 Å². The minimum absolute atomic E-state index is 0.173. The standard InChI is InChI=1S/C13H27NO/c1-11(10-12(2)15)14(3)13-8-6-4-5-7-9-13/h11-13,15H,4-10H2,1-3H3. The van der Waals surface area contributed by atoms with E-state index in [9.17, 15) is 5.11 Å². The van der Waals surface area contributed by atoms with Gasteiger partial charge in [0.15, 0.2) is 0 Å². The Morgan fingerprint density at radius 3 is 2.13 bits per heavy atom. The summed E-state index contributed by atoms with van der Waals surface area (Å²) in [6.07, 6.45) is 9.01. The minimum atomic E-state index is -0.173. The van der Waals surface area contributed by atoms with Crippen LogP contribution >= 0.6 is 0 Å². The highest BCUT2D eigenvalue weighted by Gasteiger charge is 2.21. The number of hydrogen-bond donors (Lipinski definition) is 1. The van der Waals surface area contributed by atoms with E-state index in [-0.39, 0.29) is 6.10 Å². The quantitative estimate of drug-likeness (QED) is 0.726. The van der Waals surface area contributed by atoms with Crippen molar-refractivity contribution in [3.05, 3.63) is 0 Å². The third-order valence-corrected chi connectivity index (χ3v) is 3.78. The topological polar surface area (TPSA) is 23.5 Å². The largest absolute Gasteiger partial charge is 0.393 e. The average molecular weight is 213 g/mol. The van der Waals surface area contributed by atoms with Crippen molar-refractivity contribution in [2.75, 3.05) is 7.05 Å². The van der Waals surface area contributed by atoms with Crippen LogP contribution in [0.15, 0.2) is 0 Å². The van der Waals surface area contributed by atoms with Gasteiger partial charge in [0.2, 0.25) is 0 Å². The number of aliphatic hydroxyl groups excluding tert-OH is 1. The molecule has 0 radical (unpaired) electrons. The molecule has 1 aliphatic rings. The molecule has 1 N–H and O–H groups in total. The fraction of sp³-hybridized carbons (Fsp3) is 1.00. The summed E-state index contributed by atoms with van der Waals surface area (Å²) in [7, 11) is 2.23. The van der Waals surface area contributed by atoms with Crippen LogP contribution < -0.4 is 0 Å². The normalized spacial score (nSPS) is 23.8. The fourth-order valence-electron chi connectivity index (χ4n) is 2.68. The van der Waals surface area contributed by atoms with Crippen LogP contribution in [0.1, 0.15) is 58.8 Å². The molecule has 0 amide bonds. The highest BCUT2D eigenvalue weighted by molar-refractivity contribution is 4.77. The van der Waals surface area contributed by atoms with Gasteiger partial charge in [-0.05, 0) is 40.2 Å². The van der Waals surface area contributed by atoms with Gasteiger partial charge in [0.1, 0.15) is 0 Å². The number of nitrogens with zero attached hydrogens (tertiary/aromatic N) is 1. The van der Waals surface area contributed by atoms with E-state index in [0.717, 1.165) is 12.5 Å². The van der Waals surface area contributed by atoms with Crippen LogP contribution in [-0.4, -0.2) is 35.2 Å². The van der Waals surface area contributed by atoms with Gasteiger partial charge in [-0.1, -0.05) is 25.7 Å². The zero-order valence-electron chi connectivity index (χ0n) is 10.6. The summed E-state index contributed by atoms with van der Waals surface area (Å²) in [4.78, 5) is 2.48. The average Bonchev–Trinajstić information content (AvgIpc) is 2.43. The van der Waals surface area contributed by atoms with E-state index >= 15 is 0 Å². The lowest BCUT2D eigenvalue weighted by Crippen LogP contribution is -2.39. The summed E-state index contributed by atoms with van der Waals surface area (Å²) in [5.41, 5.74) is 0.